The zero-order valence-corrected chi connectivity index (χ0v) is 12.5. The fourth-order valence-corrected chi connectivity index (χ4v) is 2.91. The van der Waals surface area contributed by atoms with Crippen molar-refractivity contribution in [3.05, 3.63) is 47.5 Å². The number of anilines is 1. The zero-order valence-electron chi connectivity index (χ0n) is 12.5. The van der Waals surface area contributed by atoms with Gasteiger partial charge in [0.15, 0.2) is 0 Å². The molecule has 0 amide bonds. The molecule has 3 rings (SSSR count). The Morgan fingerprint density at radius 3 is 2.78 bits per heavy atom. The van der Waals surface area contributed by atoms with Crippen LogP contribution in [0.4, 0.5) is 10.1 Å². The number of nitrogens with one attached hydrogen (secondary N) is 2. The van der Waals surface area contributed by atoms with Crippen molar-refractivity contribution < 1.29 is 4.39 Å². The van der Waals surface area contributed by atoms with E-state index in [0.29, 0.717) is 41.1 Å². The number of pyridine rings is 1. The third-order valence-electron chi connectivity index (χ3n) is 3.87. The maximum atomic E-state index is 13.4. The number of hydrogen-bond donors (Lipinski definition) is 2. The molecule has 5 nitrogen and oxygen atoms in total. The van der Waals surface area contributed by atoms with Gasteiger partial charge in [0, 0.05) is 23.7 Å². The van der Waals surface area contributed by atoms with Crippen LogP contribution in [0.2, 0.25) is 0 Å². The summed E-state index contributed by atoms with van der Waals surface area (Å²) >= 11 is 0. The van der Waals surface area contributed by atoms with E-state index >= 15 is 0 Å². The largest absolute Gasteiger partial charge is 0.288 e. The normalized spacial score (nSPS) is 13.4. The molecule has 23 heavy (non-hydrogen) atoms. The number of benzene rings is 1. The maximum absolute atomic E-state index is 13.4. The van der Waals surface area contributed by atoms with Gasteiger partial charge in [0.05, 0.1) is 17.4 Å². The highest BCUT2D eigenvalue weighted by Crippen LogP contribution is 2.36. The first-order valence-corrected chi connectivity index (χ1v) is 7.12. The summed E-state index contributed by atoms with van der Waals surface area (Å²) in [5, 5.41) is 25.5. The van der Waals surface area contributed by atoms with Crippen molar-refractivity contribution in [2.24, 2.45) is 0 Å². The maximum Gasteiger partial charge on any atom is 0.142 e. The molecule has 0 bridgehead atoms. The second kappa shape index (κ2) is 5.61. The van der Waals surface area contributed by atoms with Gasteiger partial charge in [-0.2, -0.15) is 5.26 Å². The smallest absolute Gasteiger partial charge is 0.142 e. The minimum atomic E-state index is -0.456. The van der Waals surface area contributed by atoms with Crippen molar-refractivity contribution in [2.45, 2.75) is 19.8 Å². The summed E-state index contributed by atoms with van der Waals surface area (Å²) in [6.45, 7) is 1.61. The molecular weight excluding hydrogens is 293 g/mol. The number of amidine groups is 2. The Morgan fingerprint density at radius 2 is 2.13 bits per heavy atom. The lowest BCUT2D eigenvalue weighted by Crippen LogP contribution is -2.38. The fourth-order valence-electron chi connectivity index (χ4n) is 2.91. The van der Waals surface area contributed by atoms with Gasteiger partial charge < -0.3 is 0 Å². The van der Waals surface area contributed by atoms with Crippen molar-refractivity contribution in [3.8, 4) is 17.2 Å². The number of rotatable bonds is 1. The van der Waals surface area contributed by atoms with E-state index in [4.69, 9.17) is 10.8 Å². The van der Waals surface area contributed by atoms with Crippen molar-refractivity contribution in [1.82, 2.24) is 4.98 Å². The molecule has 2 N–H and O–H groups in total. The number of hydrogen-bond acceptors (Lipinski definition) is 4. The molecule has 1 aliphatic heterocycles. The van der Waals surface area contributed by atoms with E-state index in [9.17, 15) is 9.65 Å². The summed E-state index contributed by atoms with van der Waals surface area (Å²) in [6.07, 6.45) is 3.66. The lowest BCUT2D eigenvalue weighted by Gasteiger charge is -2.31. The van der Waals surface area contributed by atoms with E-state index < -0.39 is 5.82 Å². The molecule has 1 aliphatic rings. The van der Waals surface area contributed by atoms with Crippen molar-refractivity contribution in [1.29, 1.82) is 16.1 Å². The van der Waals surface area contributed by atoms with Crippen LogP contribution in [-0.4, -0.2) is 16.7 Å². The standard InChI is InChI=1S/C17H14FN5/c1-10(20)23-16-4-2-13(11-6-12(18)9-22-8-11)15(7-19)14(16)3-5-17(23)21/h2,4,6,8-9,20-21H,3,5H2,1H3. The second-order valence-corrected chi connectivity index (χ2v) is 5.36. The number of aromatic nitrogens is 1. The molecule has 1 aromatic heterocycles. The summed E-state index contributed by atoms with van der Waals surface area (Å²) in [4.78, 5) is 5.38. The molecule has 0 saturated heterocycles. The van der Waals surface area contributed by atoms with Crippen LogP contribution >= 0.6 is 0 Å². The highest BCUT2D eigenvalue weighted by molar-refractivity contribution is 6.18. The fraction of sp³-hybridized carbons (Fsp3) is 0.176. The Balaban J connectivity index is 2.23. The first-order chi connectivity index (χ1) is 11.0. The van der Waals surface area contributed by atoms with Gasteiger partial charge in [-0.1, -0.05) is 6.07 Å². The Labute approximate surface area is 133 Å². The molecule has 0 aliphatic carbocycles. The Bertz CT molecular complexity index is 866. The van der Waals surface area contributed by atoms with Crippen LogP contribution < -0.4 is 4.90 Å². The summed E-state index contributed by atoms with van der Waals surface area (Å²) < 4.78 is 13.4. The summed E-state index contributed by atoms with van der Waals surface area (Å²) in [6, 6.07) is 7.05. The van der Waals surface area contributed by atoms with Crippen molar-refractivity contribution in [3.63, 3.8) is 0 Å². The van der Waals surface area contributed by atoms with Crippen LogP contribution in [0, 0.1) is 28.0 Å². The Kier molecular flexibility index (Phi) is 3.62. The van der Waals surface area contributed by atoms with Crippen LogP contribution in [0.25, 0.3) is 11.1 Å². The van der Waals surface area contributed by atoms with E-state index in [0.717, 1.165) is 11.8 Å². The van der Waals surface area contributed by atoms with Gasteiger partial charge in [-0.15, -0.1) is 0 Å². The van der Waals surface area contributed by atoms with Gasteiger partial charge in [0.25, 0.3) is 0 Å². The van der Waals surface area contributed by atoms with Crippen LogP contribution in [0.3, 0.4) is 0 Å². The first kappa shape index (κ1) is 14.9. The quantitative estimate of drug-likeness (QED) is 0.624. The molecule has 1 aromatic carbocycles. The average Bonchev–Trinajstić information content (AvgIpc) is 2.53. The molecule has 0 unspecified atom stereocenters. The second-order valence-electron chi connectivity index (χ2n) is 5.36. The molecule has 0 atom stereocenters. The molecule has 2 heterocycles. The van der Waals surface area contributed by atoms with Gasteiger partial charge in [-0.3, -0.25) is 20.7 Å². The summed E-state index contributed by atoms with van der Waals surface area (Å²) in [7, 11) is 0. The predicted octanol–water partition coefficient (Wildman–Crippen LogP) is 3.49. The zero-order chi connectivity index (χ0) is 16.6. The van der Waals surface area contributed by atoms with E-state index in [1.807, 2.05) is 0 Å². The Hall–Kier alpha value is -3.07. The molecule has 6 heteroatoms. The summed E-state index contributed by atoms with van der Waals surface area (Å²) in [5.74, 6) is 0.122. The Morgan fingerprint density at radius 1 is 1.35 bits per heavy atom. The minimum absolute atomic E-state index is 0.236. The van der Waals surface area contributed by atoms with Gasteiger partial charge in [-0.05, 0) is 31.0 Å². The van der Waals surface area contributed by atoms with Crippen LogP contribution in [0.15, 0.2) is 30.6 Å². The van der Waals surface area contributed by atoms with E-state index in [2.05, 4.69) is 11.1 Å². The number of halogens is 1. The minimum Gasteiger partial charge on any atom is -0.288 e. The number of fused-ring (bicyclic) bond motifs is 1. The monoisotopic (exact) mass is 307 g/mol. The summed E-state index contributed by atoms with van der Waals surface area (Å²) in [5.41, 5.74) is 3.08. The number of nitriles is 1. The molecule has 0 spiro atoms. The van der Waals surface area contributed by atoms with Gasteiger partial charge in [0.2, 0.25) is 0 Å². The van der Waals surface area contributed by atoms with E-state index in [1.54, 1.807) is 19.1 Å². The van der Waals surface area contributed by atoms with Gasteiger partial charge >= 0.3 is 0 Å². The lowest BCUT2D eigenvalue weighted by molar-refractivity contribution is 0.622. The van der Waals surface area contributed by atoms with Crippen LogP contribution in [0.5, 0.6) is 0 Å². The van der Waals surface area contributed by atoms with Crippen LogP contribution in [-0.2, 0) is 6.42 Å². The average molecular weight is 307 g/mol. The molecule has 0 saturated carbocycles. The third-order valence-corrected chi connectivity index (χ3v) is 3.87. The topological polar surface area (TPSA) is 87.6 Å². The lowest BCUT2D eigenvalue weighted by atomic mass is 9.90. The van der Waals surface area contributed by atoms with Crippen LogP contribution in [0.1, 0.15) is 24.5 Å². The highest BCUT2D eigenvalue weighted by Gasteiger charge is 2.26. The van der Waals surface area contributed by atoms with Gasteiger partial charge in [0.1, 0.15) is 23.6 Å². The molecule has 0 radical (unpaired) electrons. The molecule has 0 fully saturated rings. The van der Waals surface area contributed by atoms with E-state index in [-0.39, 0.29) is 5.84 Å². The van der Waals surface area contributed by atoms with Gasteiger partial charge in [-0.25, -0.2) is 4.39 Å². The van der Waals surface area contributed by atoms with Crippen molar-refractivity contribution in [2.75, 3.05) is 4.90 Å². The number of nitrogens with zero attached hydrogens (tertiary/aromatic N) is 3. The molecule has 114 valence electrons. The first-order valence-electron chi connectivity index (χ1n) is 7.12. The predicted molar refractivity (Wildman–Crippen MR) is 86.3 cm³/mol. The van der Waals surface area contributed by atoms with Crippen molar-refractivity contribution >= 4 is 17.4 Å². The molecular formula is C17H14FN5. The highest BCUT2D eigenvalue weighted by atomic mass is 19.1. The molecule has 2 aromatic rings. The SMILES string of the molecule is CC(=N)N1C(=N)CCc2c1ccc(-c1cncc(F)c1)c2C#N. The van der Waals surface area contributed by atoms with E-state index in [1.165, 1.54) is 17.2 Å². The third kappa shape index (κ3) is 2.46.